The van der Waals surface area contributed by atoms with Crippen molar-refractivity contribution in [2.24, 2.45) is 11.8 Å². The smallest absolute Gasteiger partial charge is 0.243 e. The second-order valence-electron chi connectivity index (χ2n) is 7.38. The van der Waals surface area contributed by atoms with Crippen LogP contribution < -0.4 is 5.32 Å². The molecule has 7 nitrogen and oxygen atoms in total. The zero-order valence-corrected chi connectivity index (χ0v) is 16.6. The van der Waals surface area contributed by atoms with Gasteiger partial charge in [0.25, 0.3) is 0 Å². The Labute approximate surface area is 169 Å². The molecule has 1 saturated heterocycles. The number of carbonyl (C=O) groups excluding carboxylic acids is 4. The Morgan fingerprint density at radius 1 is 1.11 bits per heavy atom. The predicted octanol–water partition coefficient (Wildman–Crippen LogP) is 2.30. The molecule has 0 bridgehead atoms. The molecule has 1 N–H and O–H groups in total. The Bertz CT molecular complexity index is 756. The van der Waals surface area contributed by atoms with Crippen molar-refractivity contribution in [1.82, 2.24) is 9.80 Å². The van der Waals surface area contributed by atoms with Gasteiger partial charge in [0.15, 0.2) is 0 Å². The van der Waals surface area contributed by atoms with Crippen molar-refractivity contribution in [2.75, 3.05) is 25.5 Å². The molecule has 0 spiro atoms. The van der Waals surface area contributed by atoms with Gasteiger partial charge in [-0.05, 0) is 37.1 Å². The third-order valence-electron chi connectivity index (χ3n) is 5.42. The molecule has 0 unspecified atom stereocenters. The van der Waals surface area contributed by atoms with Crippen LogP contribution in [0, 0.1) is 11.8 Å². The van der Waals surface area contributed by atoms with Gasteiger partial charge in [0.05, 0.1) is 18.4 Å². The predicted molar refractivity (Wildman–Crippen MR) is 105 cm³/mol. The van der Waals surface area contributed by atoms with Gasteiger partial charge in [-0.1, -0.05) is 24.4 Å². The van der Waals surface area contributed by atoms with Crippen LogP contribution in [0.25, 0.3) is 0 Å². The molecule has 0 aromatic heterocycles. The maximum absolute atomic E-state index is 12.4. The summed E-state index contributed by atoms with van der Waals surface area (Å²) in [4.78, 5) is 51.8. The first-order valence-corrected chi connectivity index (χ1v) is 9.89. The fraction of sp³-hybridized carbons (Fsp3) is 0.500. The minimum atomic E-state index is -0.336. The highest BCUT2D eigenvalue weighted by molar-refractivity contribution is 6.30. The number of imide groups is 1. The summed E-state index contributed by atoms with van der Waals surface area (Å²) in [5, 5.41) is 3.26. The monoisotopic (exact) mass is 405 g/mol. The van der Waals surface area contributed by atoms with Crippen LogP contribution >= 0.6 is 11.6 Å². The number of amides is 4. The topological polar surface area (TPSA) is 86.8 Å². The van der Waals surface area contributed by atoms with E-state index in [4.69, 9.17) is 11.6 Å². The molecule has 28 heavy (non-hydrogen) atoms. The highest BCUT2D eigenvalue weighted by atomic mass is 35.5. The van der Waals surface area contributed by atoms with Crippen LogP contribution in [0.4, 0.5) is 5.69 Å². The summed E-state index contributed by atoms with van der Waals surface area (Å²) in [5.74, 6) is -1.34. The highest BCUT2D eigenvalue weighted by Crippen LogP contribution is 2.37. The Balaban J connectivity index is 1.47. The van der Waals surface area contributed by atoms with Gasteiger partial charge in [0.2, 0.25) is 23.6 Å². The maximum atomic E-state index is 12.4. The lowest BCUT2D eigenvalue weighted by atomic mass is 9.81. The molecule has 1 aliphatic heterocycles. The van der Waals surface area contributed by atoms with Crippen LogP contribution in [0.1, 0.15) is 32.1 Å². The highest BCUT2D eigenvalue weighted by Gasteiger charge is 2.47. The van der Waals surface area contributed by atoms with Gasteiger partial charge in [0, 0.05) is 30.7 Å². The quantitative estimate of drug-likeness (QED) is 0.736. The Morgan fingerprint density at radius 2 is 1.68 bits per heavy atom. The SMILES string of the molecule is CN(CC(=O)Nc1ccc(Cl)cc1)C(=O)CCN1C(=O)[C@H]2CCCC[C@@H]2C1=O. The van der Waals surface area contributed by atoms with E-state index in [0.717, 1.165) is 25.7 Å². The molecule has 4 amide bonds. The minimum absolute atomic E-state index is 0.0155. The van der Waals surface area contributed by atoms with Gasteiger partial charge in [-0.3, -0.25) is 24.1 Å². The van der Waals surface area contributed by atoms with E-state index < -0.39 is 0 Å². The third-order valence-corrected chi connectivity index (χ3v) is 5.67. The van der Waals surface area contributed by atoms with Gasteiger partial charge < -0.3 is 10.2 Å². The third kappa shape index (κ3) is 4.52. The van der Waals surface area contributed by atoms with Crippen molar-refractivity contribution in [1.29, 1.82) is 0 Å². The molecule has 1 heterocycles. The van der Waals surface area contributed by atoms with Crippen LogP contribution in [-0.2, 0) is 19.2 Å². The molecular weight excluding hydrogens is 382 g/mol. The van der Waals surface area contributed by atoms with Crippen molar-refractivity contribution in [2.45, 2.75) is 32.1 Å². The normalized spacial score (nSPS) is 21.4. The van der Waals surface area contributed by atoms with E-state index >= 15 is 0 Å². The molecular formula is C20H24ClN3O4. The van der Waals surface area contributed by atoms with Crippen molar-refractivity contribution in [3.05, 3.63) is 29.3 Å². The van der Waals surface area contributed by atoms with Gasteiger partial charge >= 0.3 is 0 Å². The first-order valence-electron chi connectivity index (χ1n) is 9.51. The molecule has 1 saturated carbocycles. The van der Waals surface area contributed by atoms with Crippen LogP contribution in [0.15, 0.2) is 24.3 Å². The van der Waals surface area contributed by atoms with Crippen molar-refractivity contribution in [3.8, 4) is 0 Å². The molecule has 2 atom stereocenters. The number of halogens is 1. The molecule has 1 aromatic carbocycles. The molecule has 1 aromatic rings. The van der Waals surface area contributed by atoms with Crippen molar-refractivity contribution < 1.29 is 19.2 Å². The number of benzene rings is 1. The summed E-state index contributed by atoms with van der Waals surface area (Å²) in [6, 6.07) is 6.67. The Kier molecular flexibility index (Phi) is 6.34. The zero-order valence-electron chi connectivity index (χ0n) is 15.8. The first kappa shape index (κ1) is 20.3. The summed E-state index contributed by atoms with van der Waals surface area (Å²) in [7, 11) is 1.52. The summed E-state index contributed by atoms with van der Waals surface area (Å²) < 4.78 is 0. The molecule has 2 aliphatic rings. The van der Waals surface area contributed by atoms with Crippen molar-refractivity contribution >= 4 is 40.9 Å². The van der Waals surface area contributed by atoms with E-state index in [-0.39, 0.29) is 55.0 Å². The molecule has 3 rings (SSSR count). The van der Waals surface area contributed by atoms with Gasteiger partial charge in [0.1, 0.15) is 0 Å². The van der Waals surface area contributed by atoms with Gasteiger partial charge in [-0.25, -0.2) is 0 Å². The van der Waals surface area contributed by atoms with E-state index in [9.17, 15) is 19.2 Å². The van der Waals surface area contributed by atoms with E-state index in [1.54, 1.807) is 24.3 Å². The molecule has 0 radical (unpaired) electrons. The van der Waals surface area contributed by atoms with Crippen molar-refractivity contribution in [3.63, 3.8) is 0 Å². The number of hydrogen-bond donors (Lipinski definition) is 1. The second kappa shape index (κ2) is 8.73. The van der Waals surface area contributed by atoms with Crippen LogP contribution in [0.3, 0.4) is 0 Å². The lowest BCUT2D eigenvalue weighted by molar-refractivity contribution is -0.141. The molecule has 8 heteroatoms. The summed E-state index contributed by atoms with van der Waals surface area (Å²) >= 11 is 5.81. The summed E-state index contributed by atoms with van der Waals surface area (Å²) in [6.45, 7) is -0.0404. The minimum Gasteiger partial charge on any atom is -0.336 e. The average Bonchev–Trinajstić information content (AvgIpc) is 2.92. The second-order valence-corrected chi connectivity index (χ2v) is 7.82. The number of rotatable bonds is 6. The Morgan fingerprint density at radius 3 is 2.25 bits per heavy atom. The van der Waals surface area contributed by atoms with Crippen LogP contribution in [0.5, 0.6) is 0 Å². The number of fused-ring (bicyclic) bond motifs is 1. The van der Waals surface area contributed by atoms with E-state index in [0.29, 0.717) is 10.7 Å². The zero-order chi connectivity index (χ0) is 20.3. The number of nitrogens with zero attached hydrogens (tertiary/aromatic N) is 2. The molecule has 2 fully saturated rings. The molecule has 1 aliphatic carbocycles. The summed E-state index contributed by atoms with van der Waals surface area (Å²) in [6.07, 6.45) is 3.47. The molecule has 150 valence electrons. The number of nitrogens with one attached hydrogen (secondary N) is 1. The number of likely N-dealkylation sites (tertiary alicyclic amines) is 1. The fourth-order valence-electron chi connectivity index (χ4n) is 3.89. The first-order chi connectivity index (χ1) is 13.4. The number of likely N-dealkylation sites (N-methyl/N-ethyl adjacent to an activating group) is 1. The van der Waals surface area contributed by atoms with E-state index in [1.165, 1.54) is 16.8 Å². The maximum Gasteiger partial charge on any atom is 0.243 e. The number of hydrogen-bond acceptors (Lipinski definition) is 4. The fourth-order valence-corrected chi connectivity index (χ4v) is 4.01. The average molecular weight is 406 g/mol. The van der Waals surface area contributed by atoms with E-state index in [1.807, 2.05) is 0 Å². The van der Waals surface area contributed by atoms with Crippen LogP contribution in [0.2, 0.25) is 5.02 Å². The standard InChI is InChI=1S/C20H24ClN3O4/c1-23(12-17(25)22-14-8-6-13(21)7-9-14)18(26)10-11-24-19(27)15-4-2-3-5-16(15)20(24)28/h6-9,15-16H,2-5,10-12H2,1H3,(H,22,25)/t15-,16-/m0/s1. The van der Waals surface area contributed by atoms with Crippen LogP contribution in [-0.4, -0.2) is 53.6 Å². The lowest BCUT2D eigenvalue weighted by Gasteiger charge is -2.19. The summed E-state index contributed by atoms with van der Waals surface area (Å²) in [5.41, 5.74) is 0.589. The largest absolute Gasteiger partial charge is 0.336 e. The van der Waals surface area contributed by atoms with Gasteiger partial charge in [-0.15, -0.1) is 0 Å². The van der Waals surface area contributed by atoms with Gasteiger partial charge in [-0.2, -0.15) is 0 Å². The number of carbonyl (C=O) groups is 4. The lowest BCUT2D eigenvalue weighted by Crippen LogP contribution is -2.38. The number of anilines is 1. The van der Waals surface area contributed by atoms with E-state index in [2.05, 4.69) is 5.32 Å². The Hall–Kier alpha value is -2.41.